The second kappa shape index (κ2) is 12.9. The van der Waals surface area contributed by atoms with Crippen molar-refractivity contribution in [1.29, 1.82) is 0 Å². The van der Waals surface area contributed by atoms with Crippen LogP contribution in [0.15, 0.2) is 78.9 Å². The number of hydrogen-bond donors (Lipinski definition) is 1. The highest BCUT2D eigenvalue weighted by Crippen LogP contribution is 2.13. The first kappa shape index (κ1) is 27.0. The lowest BCUT2D eigenvalue weighted by molar-refractivity contribution is -0.147. The fraction of sp³-hybridized carbons (Fsp3) is 0.207. The second-order valence-corrected chi connectivity index (χ2v) is 8.35. The molecule has 1 unspecified atom stereocenters. The molecule has 190 valence electrons. The van der Waals surface area contributed by atoms with E-state index in [1.165, 1.54) is 31.2 Å². The molecule has 0 saturated carbocycles. The molecule has 1 N–H and O–H groups in total. The summed E-state index contributed by atoms with van der Waals surface area (Å²) in [7, 11) is 0. The largest absolute Gasteiger partial charge is 0.454 e. The normalized spacial score (nSPS) is 11.2. The highest BCUT2D eigenvalue weighted by molar-refractivity contribution is 6.01. The summed E-state index contributed by atoms with van der Waals surface area (Å²) in [6, 6.07) is 21.4. The molecule has 0 saturated heterocycles. The van der Waals surface area contributed by atoms with Gasteiger partial charge in [0.15, 0.2) is 18.5 Å². The Kier molecular flexibility index (Phi) is 9.43. The fourth-order valence-electron chi connectivity index (χ4n) is 3.31. The quantitative estimate of drug-likeness (QED) is 0.302. The summed E-state index contributed by atoms with van der Waals surface area (Å²) in [6.45, 7) is 3.01. The minimum atomic E-state index is -0.964. The van der Waals surface area contributed by atoms with Gasteiger partial charge in [-0.15, -0.1) is 0 Å². The Bertz CT molecular complexity index is 1270. The predicted octanol–water partition coefficient (Wildman–Crippen LogP) is 4.57. The fourth-order valence-corrected chi connectivity index (χ4v) is 3.31. The molecule has 0 heterocycles. The molecule has 8 heteroatoms. The van der Waals surface area contributed by atoms with Crippen molar-refractivity contribution in [1.82, 2.24) is 0 Å². The number of anilines is 1. The molecule has 37 heavy (non-hydrogen) atoms. The Balaban J connectivity index is 1.40. The zero-order valence-corrected chi connectivity index (χ0v) is 20.6. The van der Waals surface area contributed by atoms with Gasteiger partial charge < -0.3 is 14.8 Å². The van der Waals surface area contributed by atoms with E-state index in [-0.39, 0.29) is 36.6 Å². The summed E-state index contributed by atoms with van der Waals surface area (Å²) in [5, 5.41) is 2.62. The molecule has 0 aliphatic carbocycles. The van der Waals surface area contributed by atoms with Crippen LogP contribution in [0.1, 0.15) is 56.4 Å². The lowest BCUT2D eigenvalue weighted by Crippen LogP contribution is -2.25. The van der Waals surface area contributed by atoms with Gasteiger partial charge in [0, 0.05) is 23.2 Å². The minimum Gasteiger partial charge on any atom is -0.454 e. The third kappa shape index (κ3) is 8.24. The smallest absolute Gasteiger partial charge is 0.338 e. The highest BCUT2D eigenvalue weighted by atomic mass is 16.5. The number of Topliss-reactive ketones (excluding diaryl/α,β-unsaturated/α-hetero) is 2. The first-order chi connectivity index (χ1) is 17.7. The number of amides is 1. The van der Waals surface area contributed by atoms with Crippen LogP contribution in [0.25, 0.3) is 0 Å². The number of ether oxygens (including phenoxy) is 2. The van der Waals surface area contributed by atoms with E-state index in [0.717, 1.165) is 5.56 Å². The molecule has 1 atom stereocenters. The molecule has 0 radical (unpaired) electrons. The summed E-state index contributed by atoms with van der Waals surface area (Å²) in [6.07, 6.45) is -1.30. The van der Waals surface area contributed by atoms with Gasteiger partial charge in [-0.05, 0) is 38.1 Å². The summed E-state index contributed by atoms with van der Waals surface area (Å²) < 4.78 is 10.2. The second-order valence-electron chi connectivity index (χ2n) is 8.35. The average Bonchev–Trinajstić information content (AvgIpc) is 2.91. The van der Waals surface area contributed by atoms with E-state index >= 15 is 0 Å². The zero-order chi connectivity index (χ0) is 26.8. The van der Waals surface area contributed by atoms with Crippen LogP contribution < -0.4 is 5.32 Å². The monoisotopic (exact) mass is 501 g/mol. The standard InChI is InChI=1S/C29H27NO7/c1-19-8-10-22(11-9-19)28(34)20(2)37-27(33)17-16-26(32)30-24-14-12-23(13-15-24)29(35)36-18-25(31)21-6-4-3-5-7-21/h3-15,20H,16-18H2,1-2H3,(H,30,32). The Morgan fingerprint density at radius 2 is 1.38 bits per heavy atom. The molecule has 0 bridgehead atoms. The van der Waals surface area contributed by atoms with Crippen LogP contribution in [0, 0.1) is 6.92 Å². The molecule has 8 nitrogen and oxygen atoms in total. The summed E-state index contributed by atoms with van der Waals surface area (Å²) >= 11 is 0. The van der Waals surface area contributed by atoms with E-state index in [1.54, 1.807) is 54.6 Å². The van der Waals surface area contributed by atoms with Crippen molar-refractivity contribution < 1.29 is 33.4 Å². The third-order valence-corrected chi connectivity index (χ3v) is 5.40. The number of ketones is 2. The number of rotatable bonds is 11. The molecule has 3 aromatic rings. The zero-order valence-electron chi connectivity index (χ0n) is 20.6. The SMILES string of the molecule is Cc1ccc(C(=O)C(C)OC(=O)CCC(=O)Nc2ccc(C(=O)OCC(=O)c3ccccc3)cc2)cc1. The Morgan fingerprint density at radius 1 is 0.757 bits per heavy atom. The Labute approximate surface area is 214 Å². The van der Waals surface area contributed by atoms with Gasteiger partial charge in [-0.25, -0.2) is 4.79 Å². The molecular formula is C29H27NO7. The van der Waals surface area contributed by atoms with Crippen molar-refractivity contribution in [2.24, 2.45) is 0 Å². The van der Waals surface area contributed by atoms with Crippen molar-refractivity contribution in [3.63, 3.8) is 0 Å². The molecule has 1 amide bonds. The average molecular weight is 502 g/mol. The number of carbonyl (C=O) groups is 5. The van der Waals surface area contributed by atoms with E-state index < -0.39 is 23.9 Å². The minimum absolute atomic E-state index is 0.143. The maximum Gasteiger partial charge on any atom is 0.338 e. The molecule has 0 aliphatic rings. The van der Waals surface area contributed by atoms with Crippen LogP contribution in [0.5, 0.6) is 0 Å². The summed E-state index contributed by atoms with van der Waals surface area (Å²) in [5.74, 6) is -2.39. The predicted molar refractivity (Wildman–Crippen MR) is 136 cm³/mol. The van der Waals surface area contributed by atoms with Crippen molar-refractivity contribution in [3.05, 3.63) is 101 Å². The van der Waals surface area contributed by atoms with Gasteiger partial charge >= 0.3 is 11.9 Å². The molecule has 3 aromatic carbocycles. The van der Waals surface area contributed by atoms with Crippen molar-refractivity contribution in [2.45, 2.75) is 32.8 Å². The number of esters is 2. The lowest BCUT2D eigenvalue weighted by atomic mass is 10.1. The van der Waals surface area contributed by atoms with Gasteiger partial charge in [0.1, 0.15) is 0 Å². The number of nitrogens with one attached hydrogen (secondary N) is 1. The van der Waals surface area contributed by atoms with Crippen molar-refractivity contribution in [2.75, 3.05) is 11.9 Å². The van der Waals surface area contributed by atoms with Crippen LogP contribution in [-0.4, -0.2) is 42.1 Å². The molecule has 0 fully saturated rings. The van der Waals surface area contributed by atoms with E-state index in [9.17, 15) is 24.0 Å². The molecule has 0 aromatic heterocycles. The van der Waals surface area contributed by atoms with Crippen LogP contribution in [0.4, 0.5) is 5.69 Å². The topological polar surface area (TPSA) is 116 Å². The van der Waals surface area contributed by atoms with Crippen LogP contribution in [-0.2, 0) is 19.1 Å². The molecule has 0 aliphatic heterocycles. The summed E-state index contributed by atoms with van der Waals surface area (Å²) in [4.78, 5) is 60.9. The van der Waals surface area contributed by atoms with E-state index in [2.05, 4.69) is 5.32 Å². The Morgan fingerprint density at radius 3 is 2.03 bits per heavy atom. The van der Waals surface area contributed by atoms with Gasteiger partial charge in [0.2, 0.25) is 11.7 Å². The van der Waals surface area contributed by atoms with Crippen LogP contribution in [0.3, 0.4) is 0 Å². The Hall–Kier alpha value is -4.59. The number of carbonyl (C=O) groups excluding carboxylic acids is 5. The van der Waals surface area contributed by atoms with Crippen LogP contribution in [0.2, 0.25) is 0 Å². The molecular weight excluding hydrogens is 474 g/mol. The van der Waals surface area contributed by atoms with E-state index in [4.69, 9.17) is 9.47 Å². The van der Waals surface area contributed by atoms with Crippen molar-refractivity contribution in [3.8, 4) is 0 Å². The van der Waals surface area contributed by atoms with Gasteiger partial charge in [0.05, 0.1) is 12.0 Å². The lowest BCUT2D eigenvalue weighted by Gasteiger charge is -2.12. The number of benzene rings is 3. The van der Waals surface area contributed by atoms with Gasteiger partial charge in [-0.2, -0.15) is 0 Å². The first-order valence-electron chi connectivity index (χ1n) is 11.7. The van der Waals surface area contributed by atoms with E-state index in [0.29, 0.717) is 16.8 Å². The summed E-state index contributed by atoms with van der Waals surface area (Å²) in [5.41, 5.74) is 2.54. The van der Waals surface area contributed by atoms with Gasteiger partial charge in [-0.1, -0.05) is 60.2 Å². The maximum atomic E-state index is 12.4. The maximum absolute atomic E-state index is 12.4. The first-order valence-corrected chi connectivity index (χ1v) is 11.7. The molecule has 3 rings (SSSR count). The van der Waals surface area contributed by atoms with Gasteiger partial charge in [-0.3, -0.25) is 19.2 Å². The molecule has 0 spiro atoms. The van der Waals surface area contributed by atoms with E-state index in [1.807, 2.05) is 6.92 Å². The number of hydrogen-bond acceptors (Lipinski definition) is 7. The van der Waals surface area contributed by atoms with Crippen molar-refractivity contribution >= 4 is 35.1 Å². The van der Waals surface area contributed by atoms with Gasteiger partial charge in [0.25, 0.3) is 0 Å². The van der Waals surface area contributed by atoms with Crippen LogP contribution >= 0.6 is 0 Å². The number of aryl methyl sites for hydroxylation is 1. The highest BCUT2D eigenvalue weighted by Gasteiger charge is 2.20. The third-order valence-electron chi connectivity index (χ3n) is 5.40.